The van der Waals surface area contributed by atoms with Crippen LogP contribution in [-0.2, 0) is 0 Å². The summed E-state index contributed by atoms with van der Waals surface area (Å²) in [7, 11) is 0. The van der Waals surface area contributed by atoms with E-state index in [0.29, 0.717) is 11.3 Å². The van der Waals surface area contributed by atoms with Crippen molar-refractivity contribution in [3.8, 4) is 55.9 Å². The molecule has 0 N–H and O–H groups in total. The van der Waals surface area contributed by atoms with Gasteiger partial charge in [-0.15, -0.1) is 0 Å². The number of rotatable bonds is 6. The lowest BCUT2D eigenvalue weighted by Crippen LogP contribution is -1.96. The highest BCUT2D eigenvalue weighted by Crippen LogP contribution is 2.40. The maximum Gasteiger partial charge on any atom is 0.0645 e. The first-order valence-corrected chi connectivity index (χ1v) is 18.7. The van der Waals surface area contributed by atoms with E-state index in [1.54, 1.807) is 4.57 Å². The second-order valence-electron chi connectivity index (χ2n) is 14.0. The molecule has 0 aliphatic carbocycles. The highest BCUT2D eigenvalue weighted by atomic mass is 15.0. The fourth-order valence-electron chi connectivity index (χ4n) is 8.10. The van der Waals surface area contributed by atoms with E-state index < -0.39 is 12.1 Å². The Hall–Kier alpha value is -7.42. The van der Waals surface area contributed by atoms with Gasteiger partial charge in [-0.2, -0.15) is 0 Å². The minimum atomic E-state index is -0.429. The Morgan fingerprint density at radius 1 is 0.286 bits per heavy atom. The van der Waals surface area contributed by atoms with Gasteiger partial charge in [0.05, 0.1) is 31.7 Å². The fraction of sp³-hybridized carbons (Fsp3) is 0. The van der Waals surface area contributed by atoms with E-state index in [1.807, 2.05) is 127 Å². The van der Waals surface area contributed by atoms with E-state index in [2.05, 4.69) is 53.1 Å². The summed E-state index contributed by atoms with van der Waals surface area (Å²) in [6, 6.07) is 56.5. The van der Waals surface area contributed by atoms with Crippen molar-refractivity contribution in [2.75, 3.05) is 0 Å². The van der Waals surface area contributed by atoms with E-state index in [0.717, 1.165) is 60.9 Å². The highest BCUT2D eigenvalue weighted by molar-refractivity contribution is 6.13. The molecular formula is C54H36N2. The molecule has 0 radical (unpaired) electrons. The fourth-order valence-corrected chi connectivity index (χ4v) is 8.10. The zero-order valence-electron chi connectivity index (χ0n) is 37.1. The first-order valence-electron chi connectivity index (χ1n) is 22.2. The number of nitrogens with zero attached hydrogens (tertiary/aromatic N) is 2. The molecule has 11 rings (SSSR count). The number of benzene rings is 9. The average Bonchev–Trinajstić information content (AvgIpc) is 3.87. The molecule has 56 heavy (non-hydrogen) atoms. The summed E-state index contributed by atoms with van der Waals surface area (Å²) in [6.07, 6.45) is 0. The van der Waals surface area contributed by atoms with Gasteiger partial charge in [0.25, 0.3) is 0 Å². The second kappa shape index (κ2) is 13.2. The summed E-state index contributed by atoms with van der Waals surface area (Å²) < 4.78 is 69.6. The standard InChI is InChI=1S/C54H36N2/c1-5-15-37(16-6-1)40-25-28-53-49(34-40)50-36-42(27-30-54(50)55(53)45-21-11-4-12-22-45)41-26-29-52-48(35-41)47-23-13-14-24-51(47)56(52)46-32-43(38-17-7-2-8-18-38)31-44(33-46)39-19-9-3-10-20-39/h1-36H/i13D,14D,23D,24D,26D,29D,35D. The Labute approximate surface area is 335 Å². The monoisotopic (exact) mass is 719 g/mol. The van der Waals surface area contributed by atoms with E-state index in [9.17, 15) is 6.85 Å². The highest BCUT2D eigenvalue weighted by Gasteiger charge is 2.18. The quantitative estimate of drug-likeness (QED) is 0.162. The van der Waals surface area contributed by atoms with Crippen molar-refractivity contribution in [3.05, 3.63) is 218 Å². The van der Waals surface area contributed by atoms with Crippen molar-refractivity contribution in [1.29, 1.82) is 0 Å². The molecule has 0 bridgehead atoms. The van der Waals surface area contributed by atoms with E-state index in [1.165, 1.54) is 0 Å². The molecule has 0 atom stereocenters. The zero-order chi connectivity index (χ0) is 43.1. The predicted octanol–water partition coefficient (Wildman–Crippen LogP) is 14.5. The lowest BCUT2D eigenvalue weighted by Gasteiger charge is -2.14. The first kappa shape index (κ1) is 25.6. The molecule has 0 fully saturated rings. The third-order valence-corrected chi connectivity index (χ3v) is 10.7. The molecule has 9 aromatic carbocycles. The lowest BCUT2D eigenvalue weighted by atomic mass is 9.98. The summed E-state index contributed by atoms with van der Waals surface area (Å²) in [5, 5.41) is 2.22. The van der Waals surface area contributed by atoms with Crippen LogP contribution in [0.25, 0.3) is 99.5 Å². The average molecular weight is 720 g/mol. The van der Waals surface area contributed by atoms with Crippen molar-refractivity contribution in [2.24, 2.45) is 0 Å². The normalized spacial score (nSPS) is 13.3. The molecule has 2 aromatic heterocycles. The van der Waals surface area contributed by atoms with Gasteiger partial charge in [-0.1, -0.05) is 145 Å². The zero-order valence-corrected chi connectivity index (χ0v) is 30.1. The van der Waals surface area contributed by atoms with Crippen LogP contribution in [-0.4, -0.2) is 9.13 Å². The summed E-state index contributed by atoms with van der Waals surface area (Å²) >= 11 is 0. The molecule has 0 saturated heterocycles. The smallest absolute Gasteiger partial charge is 0.0645 e. The Morgan fingerprint density at radius 3 is 1.36 bits per heavy atom. The number of para-hydroxylation sites is 2. The van der Waals surface area contributed by atoms with Crippen LogP contribution in [0.3, 0.4) is 0 Å². The van der Waals surface area contributed by atoms with Crippen LogP contribution in [0.4, 0.5) is 0 Å². The molecule has 0 spiro atoms. The molecule has 0 unspecified atom stereocenters. The van der Waals surface area contributed by atoms with Crippen molar-refractivity contribution in [1.82, 2.24) is 9.13 Å². The minimum absolute atomic E-state index is 0.0848. The molecule has 0 aliphatic heterocycles. The topological polar surface area (TPSA) is 9.86 Å². The van der Waals surface area contributed by atoms with Gasteiger partial charge in [-0.05, 0) is 117 Å². The van der Waals surface area contributed by atoms with Crippen molar-refractivity contribution < 1.29 is 9.60 Å². The molecule has 262 valence electrons. The molecule has 2 heteroatoms. The van der Waals surface area contributed by atoms with Gasteiger partial charge in [-0.25, -0.2) is 0 Å². The van der Waals surface area contributed by atoms with E-state index in [4.69, 9.17) is 2.74 Å². The molecular weight excluding hydrogens is 677 g/mol. The van der Waals surface area contributed by atoms with E-state index >= 15 is 0 Å². The second-order valence-corrected chi connectivity index (χ2v) is 14.0. The summed E-state index contributed by atoms with van der Waals surface area (Å²) in [5.41, 5.74) is 10.3. The third kappa shape index (κ3) is 5.34. The van der Waals surface area contributed by atoms with Crippen LogP contribution in [0, 0.1) is 0 Å². The maximum atomic E-state index is 10.00. The molecule has 2 nitrogen and oxygen atoms in total. The molecule has 0 amide bonds. The first-order chi connectivity index (χ1) is 30.7. The SMILES string of the molecule is [2H]c1c([2H])c([2H])c2c(c1[2H])c1c([2H])c(-c3ccc4c(c3)c3cc(-c5ccccc5)ccc3n4-c3ccccc3)c([2H])c([2H])c1n2-c1cc(-c2ccccc2)cc(-c2ccccc2)c1. The van der Waals surface area contributed by atoms with Crippen molar-refractivity contribution >= 4 is 43.6 Å². The number of fused-ring (bicyclic) bond motifs is 6. The van der Waals surface area contributed by atoms with Gasteiger partial charge in [0.1, 0.15) is 0 Å². The van der Waals surface area contributed by atoms with E-state index in [-0.39, 0.29) is 57.6 Å². The van der Waals surface area contributed by atoms with Crippen LogP contribution in [0.2, 0.25) is 0 Å². The summed E-state index contributed by atoms with van der Waals surface area (Å²) in [5.74, 6) is 0. The molecule has 11 aromatic rings. The Kier molecular flexibility index (Phi) is 6.01. The van der Waals surface area contributed by atoms with Crippen LogP contribution in [0.15, 0.2) is 218 Å². The molecule has 2 heterocycles. The summed E-state index contributed by atoms with van der Waals surface area (Å²) in [6.45, 7) is 0. The van der Waals surface area contributed by atoms with Gasteiger partial charge < -0.3 is 9.13 Å². The van der Waals surface area contributed by atoms with Gasteiger partial charge >= 0.3 is 0 Å². The van der Waals surface area contributed by atoms with Crippen LogP contribution < -0.4 is 0 Å². The lowest BCUT2D eigenvalue weighted by molar-refractivity contribution is 1.18. The van der Waals surface area contributed by atoms with Crippen LogP contribution in [0.1, 0.15) is 9.60 Å². The van der Waals surface area contributed by atoms with Crippen molar-refractivity contribution in [2.45, 2.75) is 0 Å². The number of aromatic nitrogens is 2. The van der Waals surface area contributed by atoms with Crippen molar-refractivity contribution in [3.63, 3.8) is 0 Å². The third-order valence-electron chi connectivity index (χ3n) is 10.7. The Morgan fingerprint density at radius 2 is 0.768 bits per heavy atom. The van der Waals surface area contributed by atoms with Gasteiger partial charge in [-0.3, -0.25) is 0 Å². The Bertz CT molecular complexity index is 3560. The van der Waals surface area contributed by atoms with Gasteiger partial charge in [0.2, 0.25) is 0 Å². The molecule has 0 saturated carbocycles. The van der Waals surface area contributed by atoms with Crippen LogP contribution in [0.5, 0.6) is 0 Å². The van der Waals surface area contributed by atoms with Gasteiger partial charge in [0.15, 0.2) is 0 Å². The number of hydrogen-bond donors (Lipinski definition) is 0. The minimum Gasteiger partial charge on any atom is -0.309 e. The van der Waals surface area contributed by atoms with Gasteiger partial charge in [0, 0.05) is 32.9 Å². The largest absolute Gasteiger partial charge is 0.309 e. The van der Waals surface area contributed by atoms with Crippen LogP contribution >= 0.6 is 0 Å². The predicted molar refractivity (Wildman–Crippen MR) is 237 cm³/mol. The summed E-state index contributed by atoms with van der Waals surface area (Å²) in [4.78, 5) is 0. The maximum absolute atomic E-state index is 10.00. The number of hydrogen-bond acceptors (Lipinski definition) is 0. The Balaban J connectivity index is 1.22. The molecule has 0 aliphatic rings.